The number of carbonyl (C=O) groups is 2. The molecule has 1 saturated heterocycles. The Balaban J connectivity index is 1.88. The van der Waals surface area contributed by atoms with Crippen LogP contribution in [0.3, 0.4) is 0 Å². The maximum Gasteiger partial charge on any atom is 0.407 e. The van der Waals surface area contributed by atoms with Gasteiger partial charge in [0, 0.05) is 12.0 Å². The molecule has 2 amide bonds. The zero-order valence-corrected chi connectivity index (χ0v) is 17.5. The van der Waals surface area contributed by atoms with Gasteiger partial charge in [0.25, 0.3) is 5.92 Å². The molecule has 0 saturated carbocycles. The summed E-state index contributed by atoms with van der Waals surface area (Å²) in [6.07, 6.45) is 5.53. The molecule has 2 aromatic rings. The molecule has 7 nitrogen and oxygen atoms in total. The SMILES string of the molecule is C#Cc1ccc(-c2cnc([C@@H]3CC(F)(F)CN3C(=O)[C@@H](NC(=O)OC)C(C)C)[nH]2)cc1. The molecular weight excluding hydrogens is 406 g/mol. The molecule has 1 aromatic heterocycles. The van der Waals surface area contributed by atoms with E-state index in [2.05, 4.69) is 25.9 Å². The van der Waals surface area contributed by atoms with Crippen LogP contribution < -0.4 is 5.32 Å². The first kappa shape index (κ1) is 22.3. The summed E-state index contributed by atoms with van der Waals surface area (Å²) in [6, 6.07) is 5.17. The molecular formula is C22H24F2N4O3. The Bertz CT molecular complexity index is 995. The number of nitrogens with zero attached hydrogens (tertiary/aromatic N) is 2. The predicted octanol–water partition coefficient (Wildman–Crippen LogP) is 3.35. The van der Waals surface area contributed by atoms with Gasteiger partial charge in [-0.05, 0) is 23.6 Å². The van der Waals surface area contributed by atoms with Crippen LogP contribution in [0, 0.1) is 18.3 Å². The van der Waals surface area contributed by atoms with Gasteiger partial charge < -0.3 is 19.9 Å². The largest absolute Gasteiger partial charge is 0.453 e. The van der Waals surface area contributed by atoms with Crippen molar-refractivity contribution in [3.8, 4) is 23.6 Å². The lowest BCUT2D eigenvalue weighted by Gasteiger charge is -2.29. The van der Waals surface area contributed by atoms with Crippen molar-refractivity contribution in [2.45, 2.75) is 38.3 Å². The third-order valence-electron chi connectivity index (χ3n) is 5.22. The summed E-state index contributed by atoms with van der Waals surface area (Å²) in [5, 5.41) is 2.44. The fraction of sp³-hybridized carbons (Fsp3) is 0.409. The second-order valence-electron chi connectivity index (χ2n) is 7.80. The lowest BCUT2D eigenvalue weighted by Crippen LogP contribution is -2.51. The lowest BCUT2D eigenvalue weighted by atomic mass is 10.0. The summed E-state index contributed by atoms with van der Waals surface area (Å²) in [4.78, 5) is 33.2. The Morgan fingerprint density at radius 1 is 1.35 bits per heavy atom. The van der Waals surface area contributed by atoms with Gasteiger partial charge in [-0.2, -0.15) is 0 Å². The topological polar surface area (TPSA) is 87.3 Å². The molecule has 3 rings (SSSR count). The van der Waals surface area contributed by atoms with E-state index in [1.54, 1.807) is 38.1 Å². The molecule has 0 bridgehead atoms. The number of alkyl carbamates (subject to hydrolysis) is 1. The molecule has 1 fully saturated rings. The minimum atomic E-state index is -3.07. The number of terminal acetylenes is 1. The molecule has 0 spiro atoms. The Morgan fingerprint density at radius 2 is 2.03 bits per heavy atom. The van der Waals surface area contributed by atoms with E-state index in [1.165, 1.54) is 13.3 Å². The number of imidazole rings is 1. The van der Waals surface area contributed by atoms with E-state index in [0.29, 0.717) is 11.3 Å². The molecule has 1 aliphatic rings. The molecule has 2 heterocycles. The number of nitrogens with one attached hydrogen (secondary N) is 2. The van der Waals surface area contributed by atoms with Gasteiger partial charge in [-0.15, -0.1) is 6.42 Å². The maximum absolute atomic E-state index is 14.3. The number of methoxy groups -OCH3 is 1. The van der Waals surface area contributed by atoms with E-state index in [-0.39, 0.29) is 11.7 Å². The van der Waals surface area contributed by atoms with Crippen LogP contribution in [-0.4, -0.2) is 52.5 Å². The van der Waals surface area contributed by atoms with Gasteiger partial charge in [-0.3, -0.25) is 4.79 Å². The van der Waals surface area contributed by atoms with Crippen LogP contribution in [-0.2, 0) is 9.53 Å². The van der Waals surface area contributed by atoms with Crippen molar-refractivity contribution in [1.29, 1.82) is 0 Å². The van der Waals surface area contributed by atoms with E-state index >= 15 is 0 Å². The number of aromatic amines is 1. The van der Waals surface area contributed by atoms with Crippen molar-refractivity contribution in [2.75, 3.05) is 13.7 Å². The Morgan fingerprint density at radius 3 is 2.61 bits per heavy atom. The number of hydrogen-bond donors (Lipinski definition) is 2. The number of ether oxygens (including phenoxy) is 1. The summed E-state index contributed by atoms with van der Waals surface area (Å²) in [6.45, 7) is 2.68. The number of amides is 2. The Kier molecular flexibility index (Phi) is 6.29. The zero-order chi connectivity index (χ0) is 22.8. The van der Waals surface area contributed by atoms with Crippen molar-refractivity contribution in [3.05, 3.63) is 41.9 Å². The fourth-order valence-electron chi connectivity index (χ4n) is 3.57. The minimum Gasteiger partial charge on any atom is -0.453 e. The van der Waals surface area contributed by atoms with E-state index in [9.17, 15) is 18.4 Å². The third-order valence-corrected chi connectivity index (χ3v) is 5.22. The molecule has 0 radical (unpaired) electrons. The number of hydrogen-bond acceptors (Lipinski definition) is 4. The highest BCUT2D eigenvalue weighted by Crippen LogP contribution is 2.41. The second-order valence-corrected chi connectivity index (χ2v) is 7.80. The van der Waals surface area contributed by atoms with E-state index in [1.807, 2.05) is 0 Å². The number of benzene rings is 1. The van der Waals surface area contributed by atoms with Gasteiger partial charge in [-0.25, -0.2) is 18.6 Å². The summed E-state index contributed by atoms with van der Waals surface area (Å²) in [5.74, 6) is -1.24. The van der Waals surface area contributed by atoms with E-state index in [4.69, 9.17) is 6.42 Å². The van der Waals surface area contributed by atoms with Crippen LogP contribution in [0.15, 0.2) is 30.5 Å². The molecule has 9 heteroatoms. The number of halogens is 2. The van der Waals surface area contributed by atoms with Crippen molar-refractivity contribution < 1.29 is 23.1 Å². The highest BCUT2D eigenvalue weighted by atomic mass is 19.3. The minimum absolute atomic E-state index is 0.252. The van der Waals surface area contributed by atoms with Crippen molar-refractivity contribution in [1.82, 2.24) is 20.2 Å². The second kappa shape index (κ2) is 8.76. The number of H-pyrrole nitrogens is 1. The number of aromatic nitrogens is 2. The number of alkyl halides is 2. The quantitative estimate of drug-likeness (QED) is 0.713. The summed E-state index contributed by atoms with van der Waals surface area (Å²) in [7, 11) is 1.17. The maximum atomic E-state index is 14.3. The van der Waals surface area contributed by atoms with Gasteiger partial charge >= 0.3 is 6.09 Å². The molecule has 31 heavy (non-hydrogen) atoms. The Labute approximate surface area is 179 Å². The van der Waals surface area contributed by atoms with Gasteiger partial charge in [0.1, 0.15) is 11.9 Å². The van der Waals surface area contributed by atoms with Gasteiger partial charge in [0.15, 0.2) is 0 Å². The smallest absolute Gasteiger partial charge is 0.407 e. The van der Waals surface area contributed by atoms with Gasteiger partial charge in [0.05, 0.1) is 31.6 Å². The Hall–Kier alpha value is -3.41. The highest BCUT2D eigenvalue weighted by Gasteiger charge is 2.50. The first-order chi connectivity index (χ1) is 14.6. The lowest BCUT2D eigenvalue weighted by molar-refractivity contribution is -0.136. The van der Waals surface area contributed by atoms with E-state index < -0.39 is 43.0 Å². The zero-order valence-electron chi connectivity index (χ0n) is 17.5. The summed E-state index contributed by atoms with van der Waals surface area (Å²) >= 11 is 0. The molecule has 2 N–H and O–H groups in total. The van der Waals surface area contributed by atoms with Crippen molar-refractivity contribution >= 4 is 12.0 Å². The number of likely N-dealkylation sites (tertiary alicyclic amines) is 1. The average molecular weight is 430 g/mol. The van der Waals surface area contributed by atoms with Crippen LogP contribution in [0.4, 0.5) is 13.6 Å². The molecule has 0 unspecified atom stereocenters. The monoisotopic (exact) mass is 430 g/mol. The number of rotatable bonds is 5. The van der Waals surface area contributed by atoms with Crippen LogP contribution in [0.2, 0.25) is 0 Å². The van der Waals surface area contributed by atoms with Gasteiger partial charge in [-0.1, -0.05) is 31.9 Å². The van der Waals surface area contributed by atoms with Gasteiger partial charge in [0.2, 0.25) is 5.91 Å². The van der Waals surface area contributed by atoms with Crippen molar-refractivity contribution in [2.24, 2.45) is 5.92 Å². The highest BCUT2D eigenvalue weighted by molar-refractivity contribution is 5.86. The fourth-order valence-corrected chi connectivity index (χ4v) is 3.57. The average Bonchev–Trinajstić information content (AvgIpc) is 3.35. The van der Waals surface area contributed by atoms with Crippen LogP contribution in [0.25, 0.3) is 11.3 Å². The first-order valence-corrected chi connectivity index (χ1v) is 9.80. The molecule has 0 aliphatic carbocycles. The predicted molar refractivity (Wildman–Crippen MR) is 110 cm³/mol. The molecule has 164 valence electrons. The molecule has 1 aromatic carbocycles. The molecule has 1 aliphatic heterocycles. The first-order valence-electron chi connectivity index (χ1n) is 9.80. The summed E-state index contributed by atoms with van der Waals surface area (Å²) < 4.78 is 33.2. The molecule has 2 atom stereocenters. The van der Waals surface area contributed by atoms with Crippen LogP contribution in [0.5, 0.6) is 0 Å². The van der Waals surface area contributed by atoms with Crippen molar-refractivity contribution in [3.63, 3.8) is 0 Å². The third kappa shape index (κ3) is 4.85. The number of carbonyl (C=O) groups excluding carboxylic acids is 2. The summed E-state index contributed by atoms with van der Waals surface area (Å²) in [5.41, 5.74) is 2.12. The normalized spacial score (nSPS) is 18.5. The van der Waals surface area contributed by atoms with Crippen LogP contribution >= 0.6 is 0 Å². The van der Waals surface area contributed by atoms with Crippen LogP contribution in [0.1, 0.15) is 37.7 Å². The standard InChI is InChI=1S/C22H24F2N4O3/c1-5-14-6-8-15(9-7-14)16-11-25-19(26-16)17-10-22(23,24)12-28(17)20(29)18(13(2)3)27-21(30)31-4/h1,6-9,11,13,17-18H,10,12H2,2-4H3,(H,25,26)(H,27,30)/t17-,18-/m0/s1. The van der Waals surface area contributed by atoms with E-state index in [0.717, 1.165) is 10.5 Å².